The van der Waals surface area contributed by atoms with Gasteiger partial charge >= 0.3 is 0 Å². The highest BCUT2D eigenvalue weighted by Gasteiger charge is 2.18. The Balaban J connectivity index is 2.02. The molecule has 0 fully saturated rings. The number of rotatable bonds is 8. The molecule has 1 amide bonds. The first-order valence-corrected chi connectivity index (χ1v) is 8.61. The zero-order valence-electron chi connectivity index (χ0n) is 14.5. The number of aromatic nitrogens is 3. The van der Waals surface area contributed by atoms with E-state index in [1.54, 1.807) is 18.5 Å². The molecule has 0 aliphatic heterocycles. The van der Waals surface area contributed by atoms with Gasteiger partial charge in [0.05, 0.1) is 30.0 Å². The summed E-state index contributed by atoms with van der Waals surface area (Å²) in [4.78, 5) is 22.7. The fourth-order valence-electron chi connectivity index (χ4n) is 2.12. The SMILES string of the molecule is COc1ccc(NC(=O)CSc2nnc(C[C@H](C)O)n2C)c([N+](=O)[O-])c1. The first kappa shape index (κ1) is 19.7. The Labute approximate surface area is 153 Å². The van der Waals surface area contributed by atoms with Crippen LogP contribution in [-0.4, -0.2) is 49.7 Å². The molecule has 11 heteroatoms. The topological polar surface area (TPSA) is 132 Å². The van der Waals surface area contributed by atoms with Crippen molar-refractivity contribution in [2.24, 2.45) is 7.05 Å². The molecule has 0 saturated carbocycles. The average Bonchev–Trinajstić information content (AvgIpc) is 2.92. The Morgan fingerprint density at radius 2 is 2.23 bits per heavy atom. The Kier molecular flexibility index (Phi) is 6.52. The van der Waals surface area contributed by atoms with E-state index < -0.39 is 16.9 Å². The number of hydrogen-bond donors (Lipinski definition) is 2. The van der Waals surface area contributed by atoms with E-state index in [2.05, 4.69) is 15.5 Å². The number of aliphatic hydroxyl groups is 1. The van der Waals surface area contributed by atoms with Crippen LogP contribution < -0.4 is 10.1 Å². The van der Waals surface area contributed by atoms with Crippen LogP contribution in [0.5, 0.6) is 5.75 Å². The second kappa shape index (κ2) is 8.63. The number of thioether (sulfide) groups is 1. The van der Waals surface area contributed by atoms with Gasteiger partial charge in [0.15, 0.2) is 5.16 Å². The maximum absolute atomic E-state index is 12.1. The van der Waals surface area contributed by atoms with Crippen molar-refractivity contribution in [2.75, 3.05) is 18.2 Å². The van der Waals surface area contributed by atoms with E-state index in [1.807, 2.05) is 0 Å². The normalized spacial score (nSPS) is 11.8. The third kappa shape index (κ3) is 4.92. The molecular weight excluding hydrogens is 362 g/mol. The molecule has 0 saturated heterocycles. The lowest BCUT2D eigenvalue weighted by Gasteiger charge is -2.08. The highest BCUT2D eigenvalue weighted by molar-refractivity contribution is 7.99. The number of ether oxygens (including phenoxy) is 1. The van der Waals surface area contributed by atoms with Crippen LogP contribution in [0.1, 0.15) is 12.7 Å². The van der Waals surface area contributed by atoms with Crippen LogP contribution in [0.15, 0.2) is 23.4 Å². The number of anilines is 1. The van der Waals surface area contributed by atoms with Crippen molar-refractivity contribution in [2.45, 2.75) is 24.6 Å². The Morgan fingerprint density at radius 3 is 2.85 bits per heavy atom. The van der Waals surface area contributed by atoms with E-state index in [1.165, 1.54) is 25.3 Å². The monoisotopic (exact) mass is 381 g/mol. The third-order valence-electron chi connectivity index (χ3n) is 3.41. The summed E-state index contributed by atoms with van der Waals surface area (Å²) in [7, 11) is 3.15. The molecule has 0 aliphatic rings. The first-order valence-electron chi connectivity index (χ1n) is 7.63. The predicted octanol–water partition coefficient (Wildman–Crippen LogP) is 1.39. The number of carbonyl (C=O) groups excluding carboxylic acids is 1. The minimum atomic E-state index is -0.587. The lowest BCUT2D eigenvalue weighted by atomic mass is 10.2. The van der Waals surface area contributed by atoms with Crippen LogP contribution in [0.3, 0.4) is 0 Å². The van der Waals surface area contributed by atoms with Gasteiger partial charge in [0.2, 0.25) is 5.91 Å². The van der Waals surface area contributed by atoms with E-state index in [0.717, 1.165) is 11.8 Å². The van der Waals surface area contributed by atoms with E-state index >= 15 is 0 Å². The van der Waals surface area contributed by atoms with Gasteiger partial charge in [-0.25, -0.2) is 0 Å². The number of benzene rings is 1. The molecule has 0 unspecified atom stereocenters. The second-order valence-electron chi connectivity index (χ2n) is 5.49. The largest absolute Gasteiger partial charge is 0.496 e. The van der Waals surface area contributed by atoms with Gasteiger partial charge in [-0.15, -0.1) is 10.2 Å². The fourth-order valence-corrected chi connectivity index (χ4v) is 2.85. The molecule has 0 radical (unpaired) electrons. The summed E-state index contributed by atoms with van der Waals surface area (Å²) in [5.74, 6) is 0.523. The number of carbonyl (C=O) groups is 1. The van der Waals surface area contributed by atoms with E-state index in [4.69, 9.17) is 4.74 Å². The molecule has 1 aromatic carbocycles. The summed E-state index contributed by atoms with van der Waals surface area (Å²) in [6.07, 6.45) is -0.191. The molecule has 1 atom stereocenters. The zero-order chi connectivity index (χ0) is 19.3. The second-order valence-corrected chi connectivity index (χ2v) is 6.43. The smallest absolute Gasteiger partial charge is 0.296 e. The van der Waals surface area contributed by atoms with Gasteiger partial charge < -0.3 is 19.7 Å². The number of hydrogen-bond acceptors (Lipinski definition) is 8. The number of methoxy groups -OCH3 is 1. The standard InChI is InChI=1S/C15H19N5O5S/c1-9(21)6-13-17-18-15(19(13)2)26-8-14(22)16-11-5-4-10(25-3)7-12(11)20(23)24/h4-5,7,9,21H,6,8H2,1-3H3,(H,16,22)/t9-/m0/s1. The molecule has 0 spiro atoms. The quantitative estimate of drug-likeness (QED) is 0.398. The summed E-state index contributed by atoms with van der Waals surface area (Å²) < 4.78 is 6.65. The van der Waals surface area contributed by atoms with Crippen molar-refractivity contribution < 1.29 is 19.6 Å². The van der Waals surface area contributed by atoms with Gasteiger partial charge in [-0.1, -0.05) is 11.8 Å². The molecule has 2 rings (SSSR count). The summed E-state index contributed by atoms with van der Waals surface area (Å²) in [5, 5.41) is 31.5. The summed E-state index contributed by atoms with van der Waals surface area (Å²) in [6, 6.07) is 4.19. The van der Waals surface area contributed by atoms with Crippen LogP contribution in [0.4, 0.5) is 11.4 Å². The Bertz CT molecular complexity index is 808. The van der Waals surface area contributed by atoms with E-state index in [9.17, 15) is 20.0 Å². The molecule has 1 aromatic heterocycles. The molecule has 2 N–H and O–H groups in total. The lowest BCUT2D eigenvalue weighted by molar-refractivity contribution is -0.384. The van der Waals surface area contributed by atoms with E-state index in [-0.39, 0.29) is 17.1 Å². The van der Waals surface area contributed by atoms with Crippen LogP contribution in [0.25, 0.3) is 0 Å². The first-order chi connectivity index (χ1) is 12.3. The maximum atomic E-state index is 12.1. The fraction of sp³-hybridized carbons (Fsp3) is 0.400. The number of amides is 1. The van der Waals surface area contributed by atoms with Crippen molar-refractivity contribution in [3.05, 3.63) is 34.1 Å². The predicted molar refractivity (Wildman–Crippen MR) is 95.4 cm³/mol. The van der Waals surface area contributed by atoms with Crippen molar-refractivity contribution in [3.63, 3.8) is 0 Å². The number of nitro groups is 1. The molecule has 0 bridgehead atoms. The van der Waals surface area contributed by atoms with Gasteiger partial charge in [-0.05, 0) is 19.1 Å². The molecule has 1 heterocycles. The van der Waals surface area contributed by atoms with Gasteiger partial charge in [-0.3, -0.25) is 14.9 Å². The van der Waals surface area contributed by atoms with Gasteiger partial charge in [0, 0.05) is 13.5 Å². The Morgan fingerprint density at radius 1 is 1.50 bits per heavy atom. The van der Waals surface area contributed by atoms with Crippen LogP contribution in [0, 0.1) is 10.1 Å². The summed E-state index contributed by atoms with van der Waals surface area (Å²) in [5.41, 5.74) is -0.158. The molecular formula is C15H19N5O5S. The minimum absolute atomic E-state index is 0.00380. The van der Waals surface area contributed by atoms with Crippen molar-refractivity contribution in [3.8, 4) is 5.75 Å². The van der Waals surface area contributed by atoms with Crippen molar-refractivity contribution in [1.29, 1.82) is 0 Å². The molecule has 10 nitrogen and oxygen atoms in total. The number of nitrogens with one attached hydrogen (secondary N) is 1. The minimum Gasteiger partial charge on any atom is -0.496 e. The van der Waals surface area contributed by atoms with E-state index in [0.29, 0.717) is 23.2 Å². The number of nitrogens with zero attached hydrogens (tertiary/aromatic N) is 4. The Hall–Kier alpha value is -2.66. The van der Waals surface area contributed by atoms with Crippen molar-refractivity contribution in [1.82, 2.24) is 14.8 Å². The zero-order valence-corrected chi connectivity index (χ0v) is 15.3. The summed E-state index contributed by atoms with van der Waals surface area (Å²) in [6.45, 7) is 1.65. The average molecular weight is 381 g/mol. The molecule has 140 valence electrons. The summed E-state index contributed by atoms with van der Waals surface area (Å²) >= 11 is 1.15. The van der Waals surface area contributed by atoms with Gasteiger partial charge in [0.25, 0.3) is 5.69 Å². The van der Waals surface area contributed by atoms with Gasteiger partial charge in [0.1, 0.15) is 17.3 Å². The maximum Gasteiger partial charge on any atom is 0.296 e. The van der Waals surface area contributed by atoms with Crippen LogP contribution in [0.2, 0.25) is 0 Å². The van der Waals surface area contributed by atoms with Crippen LogP contribution >= 0.6 is 11.8 Å². The number of nitro benzene ring substituents is 1. The molecule has 2 aromatic rings. The third-order valence-corrected chi connectivity index (χ3v) is 4.43. The number of aliphatic hydroxyl groups excluding tert-OH is 1. The molecule has 26 heavy (non-hydrogen) atoms. The van der Waals surface area contributed by atoms with Crippen molar-refractivity contribution >= 4 is 29.0 Å². The highest BCUT2D eigenvalue weighted by Crippen LogP contribution is 2.29. The van der Waals surface area contributed by atoms with Gasteiger partial charge in [-0.2, -0.15) is 0 Å². The lowest BCUT2D eigenvalue weighted by Crippen LogP contribution is -2.15. The molecule has 0 aliphatic carbocycles. The van der Waals surface area contributed by atoms with Crippen LogP contribution in [-0.2, 0) is 18.3 Å². The highest BCUT2D eigenvalue weighted by atomic mass is 32.2.